The molecule has 0 spiro atoms. The fourth-order valence-corrected chi connectivity index (χ4v) is 5.59. The van der Waals surface area contributed by atoms with Crippen molar-refractivity contribution in [3.05, 3.63) is 35.9 Å². The Morgan fingerprint density at radius 1 is 0.767 bits per heavy atom. The van der Waals surface area contributed by atoms with Gasteiger partial charge in [-0.2, -0.15) is 0 Å². The minimum atomic E-state index is -3.64. The Labute approximate surface area is 242 Å². The second kappa shape index (κ2) is 12.5. The minimum absolute atomic E-state index is 0.105. The van der Waals surface area contributed by atoms with Crippen LogP contribution in [-0.2, 0) is 28.7 Å². The molecule has 0 radical (unpaired) electrons. The van der Waals surface area contributed by atoms with Crippen LogP contribution in [-0.4, -0.2) is 154 Å². The maximum atomic E-state index is 13.9. The Hall–Kier alpha value is -3.00. The third kappa shape index (κ3) is 5.56. The van der Waals surface area contributed by atoms with Gasteiger partial charge in [0.2, 0.25) is 5.60 Å². The van der Waals surface area contributed by atoms with E-state index in [9.17, 15) is 70.2 Å². The van der Waals surface area contributed by atoms with Gasteiger partial charge < -0.3 is 60.5 Å². The highest BCUT2D eigenvalue weighted by molar-refractivity contribution is 6.37. The Bertz CT molecular complexity index is 1260. The number of benzene rings is 1. The summed E-state index contributed by atoms with van der Waals surface area (Å²) in [6.07, 6.45) is -19.0. The van der Waals surface area contributed by atoms with Gasteiger partial charge in [0.25, 0.3) is 0 Å². The van der Waals surface area contributed by atoms with Crippen LogP contribution in [0.2, 0.25) is 0 Å². The van der Waals surface area contributed by atoms with Gasteiger partial charge in [0.1, 0.15) is 78.6 Å². The average molecular weight is 613 g/mol. The van der Waals surface area contributed by atoms with Crippen LogP contribution in [0.15, 0.2) is 30.3 Å². The average Bonchev–Trinajstić information content (AvgIpc) is 2.98. The molecule has 2 aliphatic heterocycles. The minimum Gasteiger partial charge on any atom is -0.508 e. The largest absolute Gasteiger partial charge is 0.508 e. The molecular formula is C27H32O16. The fourth-order valence-electron chi connectivity index (χ4n) is 5.59. The van der Waals surface area contributed by atoms with Gasteiger partial charge in [-0.05, 0) is 23.8 Å². The Kier molecular flexibility index (Phi) is 9.60. The van der Waals surface area contributed by atoms with Crippen molar-refractivity contribution in [3.8, 4) is 5.75 Å². The van der Waals surface area contributed by atoms with Crippen molar-refractivity contribution < 1.29 is 79.7 Å². The topological polar surface area (TPSA) is 289 Å². The van der Waals surface area contributed by atoms with E-state index in [2.05, 4.69) is 0 Å². The summed E-state index contributed by atoms with van der Waals surface area (Å²) in [7, 11) is 0. The molecule has 2 saturated heterocycles. The van der Waals surface area contributed by atoms with Gasteiger partial charge in [0.15, 0.2) is 23.1 Å². The molecule has 1 aliphatic carbocycles. The molecule has 3 aliphatic rings. The number of ether oxygens (including phenoxy) is 2. The monoisotopic (exact) mass is 612 g/mol. The van der Waals surface area contributed by atoms with Crippen molar-refractivity contribution in [1.29, 1.82) is 0 Å². The standard InChI is InChI=1S/C27H32O16/c28-7-12-16(32)19(35)21(37)23(42-12)15-18(34)14(11(31)6-3-9-1-4-10(30)5-2-9)24(39)27(41,25(15)40)26-22(38)20(36)17(33)13(8-29)43-26/h1-6,12-17,19-23,26,28-30,32-33,35-38,41H,7-8H2/b6-3+. The van der Waals surface area contributed by atoms with E-state index in [1.54, 1.807) is 0 Å². The Morgan fingerprint density at radius 3 is 1.86 bits per heavy atom. The van der Waals surface area contributed by atoms with Crippen molar-refractivity contribution in [3.63, 3.8) is 0 Å². The number of ketones is 4. The molecule has 2 heterocycles. The zero-order valence-corrected chi connectivity index (χ0v) is 22.2. The van der Waals surface area contributed by atoms with Gasteiger partial charge in [0.05, 0.1) is 13.2 Å². The third-order valence-corrected chi connectivity index (χ3v) is 8.07. The highest BCUT2D eigenvalue weighted by Crippen LogP contribution is 2.41. The summed E-state index contributed by atoms with van der Waals surface area (Å²) < 4.78 is 10.6. The quantitative estimate of drug-likeness (QED) is 0.101. The number of aromatic hydroxyl groups is 1. The van der Waals surface area contributed by atoms with E-state index >= 15 is 0 Å². The number of hydrogen-bond acceptors (Lipinski definition) is 16. The first-order valence-electron chi connectivity index (χ1n) is 13.2. The summed E-state index contributed by atoms with van der Waals surface area (Å²) in [5, 5.41) is 103. The molecule has 13 unspecified atom stereocenters. The number of aliphatic hydroxyl groups is 9. The van der Waals surface area contributed by atoms with Crippen molar-refractivity contribution in [2.45, 2.75) is 66.6 Å². The number of rotatable bonds is 7. The van der Waals surface area contributed by atoms with E-state index in [0.717, 1.165) is 12.2 Å². The first-order chi connectivity index (χ1) is 20.2. The summed E-state index contributed by atoms with van der Waals surface area (Å²) in [4.78, 5) is 54.6. The second-order valence-electron chi connectivity index (χ2n) is 10.7. The molecule has 1 aromatic carbocycles. The summed E-state index contributed by atoms with van der Waals surface area (Å²) in [5.41, 5.74) is -3.33. The summed E-state index contributed by atoms with van der Waals surface area (Å²) in [6, 6.07) is 5.28. The lowest BCUT2D eigenvalue weighted by Gasteiger charge is -2.50. The van der Waals surface area contributed by atoms with E-state index in [1.807, 2.05) is 0 Å². The van der Waals surface area contributed by atoms with Gasteiger partial charge in [-0.15, -0.1) is 0 Å². The lowest BCUT2D eigenvalue weighted by Crippen LogP contribution is -2.76. The van der Waals surface area contributed by atoms with E-state index in [-0.39, 0.29) is 5.75 Å². The number of carbonyl (C=O) groups is 4. The van der Waals surface area contributed by atoms with Crippen LogP contribution in [0.5, 0.6) is 5.75 Å². The molecule has 3 fully saturated rings. The number of phenolic OH excluding ortho intramolecular Hbond substituents is 1. The van der Waals surface area contributed by atoms with Crippen LogP contribution in [0.3, 0.4) is 0 Å². The maximum Gasteiger partial charge on any atom is 0.212 e. The molecular weight excluding hydrogens is 580 g/mol. The van der Waals surface area contributed by atoms with Crippen molar-refractivity contribution in [2.24, 2.45) is 11.8 Å². The number of hydrogen-bond donors (Lipinski definition) is 10. The van der Waals surface area contributed by atoms with Crippen LogP contribution in [0.25, 0.3) is 6.08 Å². The highest BCUT2D eigenvalue weighted by atomic mass is 16.6. The summed E-state index contributed by atoms with van der Waals surface area (Å²) in [6.45, 7) is -2.02. The first kappa shape index (κ1) is 32.9. The zero-order chi connectivity index (χ0) is 32.0. The second-order valence-corrected chi connectivity index (χ2v) is 10.7. The van der Waals surface area contributed by atoms with E-state index in [1.165, 1.54) is 24.3 Å². The molecule has 0 bridgehead atoms. The number of phenols is 1. The molecule has 4 rings (SSSR count). The predicted octanol–water partition coefficient (Wildman–Crippen LogP) is -5.66. The Balaban J connectivity index is 1.82. The van der Waals surface area contributed by atoms with E-state index in [4.69, 9.17) is 9.47 Å². The lowest BCUT2D eigenvalue weighted by atomic mass is 9.62. The van der Waals surface area contributed by atoms with Crippen LogP contribution in [0.1, 0.15) is 5.56 Å². The maximum absolute atomic E-state index is 13.9. The van der Waals surface area contributed by atoms with Crippen LogP contribution < -0.4 is 0 Å². The van der Waals surface area contributed by atoms with E-state index in [0.29, 0.717) is 5.56 Å². The Morgan fingerprint density at radius 2 is 1.30 bits per heavy atom. The summed E-state index contributed by atoms with van der Waals surface area (Å²) in [5.74, 6) is -11.5. The normalized spacial score (nSPS) is 42.4. The van der Waals surface area contributed by atoms with Crippen LogP contribution >= 0.6 is 0 Å². The molecule has 236 valence electrons. The van der Waals surface area contributed by atoms with Gasteiger partial charge in [-0.3, -0.25) is 19.2 Å². The fraction of sp³-hybridized carbons (Fsp3) is 0.556. The van der Waals surface area contributed by atoms with Crippen LogP contribution in [0, 0.1) is 11.8 Å². The number of allylic oxidation sites excluding steroid dienone is 1. The van der Waals surface area contributed by atoms with Crippen molar-refractivity contribution in [2.75, 3.05) is 13.2 Å². The lowest BCUT2D eigenvalue weighted by molar-refractivity contribution is -0.268. The number of Topliss-reactive ketones (excluding diaryl/α,β-unsaturated/α-hetero) is 3. The third-order valence-electron chi connectivity index (χ3n) is 8.07. The molecule has 10 N–H and O–H groups in total. The molecule has 1 saturated carbocycles. The highest BCUT2D eigenvalue weighted by Gasteiger charge is 2.69. The van der Waals surface area contributed by atoms with Crippen molar-refractivity contribution >= 4 is 29.2 Å². The van der Waals surface area contributed by atoms with Gasteiger partial charge in [-0.25, -0.2) is 0 Å². The molecule has 16 nitrogen and oxygen atoms in total. The van der Waals surface area contributed by atoms with Gasteiger partial charge >= 0.3 is 0 Å². The van der Waals surface area contributed by atoms with Crippen LogP contribution in [0.4, 0.5) is 0 Å². The van der Waals surface area contributed by atoms with Crippen molar-refractivity contribution in [1.82, 2.24) is 0 Å². The predicted molar refractivity (Wildman–Crippen MR) is 137 cm³/mol. The first-order valence-corrected chi connectivity index (χ1v) is 13.2. The molecule has 16 heteroatoms. The molecule has 0 amide bonds. The number of carbonyl (C=O) groups excluding carboxylic acids is 4. The SMILES string of the molecule is O=C(/C=C/c1ccc(O)cc1)C1C(=O)C(C2OC(CO)C(O)C(O)C2O)C(=O)C(O)(C2OC(CO)C(O)C(O)C2O)C1=O. The summed E-state index contributed by atoms with van der Waals surface area (Å²) >= 11 is 0. The molecule has 0 aromatic heterocycles. The molecule has 1 aromatic rings. The van der Waals surface area contributed by atoms with Gasteiger partial charge in [-0.1, -0.05) is 18.2 Å². The van der Waals surface area contributed by atoms with E-state index < -0.39 is 115 Å². The molecule has 13 atom stereocenters. The smallest absolute Gasteiger partial charge is 0.212 e. The number of aliphatic hydroxyl groups excluding tert-OH is 8. The molecule has 43 heavy (non-hydrogen) atoms. The van der Waals surface area contributed by atoms with Gasteiger partial charge in [0, 0.05) is 0 Å². The zero-order valence-electron chi connectivity index (χ0n) is 22.2.